The smallest absolute Gasteiger partial charge is 0.147 e. The molecule has 0 saturated carbocycles. The van der Waals surface area contributed by atoms with Crippen LogP contribution >= 0.6 is 0 Å². The van der Waals surface area contributed by atoms with E-state index in [9.17, 15) is 0 Å². The quantitative estimate of drug-likeness (QED) is 0.833. The molecule has 2 rings (SSSR count). The standard InChI is InChI=1S/C12H20N4/c1-2-13-9-11-5-3-4-8-16(11)12-10-14-6-7-15-12/h6-7,10-11,13H,2-5,8-9H2,1H3. The zero-order chi connectivity index (χ0) is 11.2. The lowest BCUT2D eigenvalue weighted by Gasteiger charge is -2.36. The molecule has 1 aliphatic heterocycles. The van der Waals surface area contributed by atoms with Gasteiger partial charge in [0.25, 0.3) is 0 Å². The van der Waals surface area contributed by atoms with Crippen molar-refractivity contribution in [1.82, 2.24) is 15.3 Å². The average Bonchev–Trinajstić information content (AvgIpc) is 2.38. The Morgan fingerprint density at radius 2 is 2.38 bits per heavy atom. The van der Waals surface area contributed by atoms with E-state index in [1.807, 2.05) is 6.20 Å². The Morgan fingerprint density at radius 3 is 3.12 bits per heavy atom. The summed E-state index contributed by atoms with van der Waals surface area (Å²) in [5.74, 6) is 1.02. The van der Waals surface area contributed by atoms with Crippen molar-refractivity contribution in [2.75, 3.05) is 24.5 Å². The number of nitrogens with one attached hydrogen (secondary N) is 1. The van der Waals surface area contributed by atoms with Crippen LogP contribution in [0.5, 0.6) is 0 Å². The highest BCUT2D eigenvalue weighted by atomic mass is 15.2. The van der Waals surface area contributed by atoms with Crippen LogP contribution in [0.25, 0.3) is 0 Å². The number of rotatable bonds is 4. The normalized spacial score (nSPS) is 21.1. The lowest BCUT2D eigenvalue weighted by atomic mass is 10.0. The fourth-order valence-corrected chi connectivity index (χ4v) is 2.26. The number of anilines is 1. The van der Waals surface area contributed by atoms with Gasteiger partial charge in [0.2, 0.25) is 0 Å². The van der Waals surface area contributed by atoms with Crippen LogP contribution in [0.15, 0.2) is 18.6 Å². The second kappa shape index (κ2) is 5.80. The lowest BCUT2D eigenvalue weighted by molar-refractivity contribution is 0.436. The van der Waals surface area contributed by atoms with Gasteiger partial charge in [-0.15, -0.1) is 0 Å². The van der Waals surface area contributed by atoms with E-state index in [0.717, 1.165) is 25.5 Å². The third-order valence-electron chi connectivity index (χ3n) is 3.10. The second-order valence-electron chi connectivity index (χ2n) is 4.21. The Kier molecular flexibility index (Phi) is 4.10. The lowest BCUT2D eigenvalue weighted by Crippen LogP contribution is -2.46. The van der Waals surface area contributed by atoms with Gasteiger partial charge in [0, 0.05) is 31.5 Å². The summed E-state index contributed by atoms with van der Waals surface area (Å²) in [6.07, 6.45) is 9.21. The van der Waals surface area contributed by atoms with Crippen molar-refractivity contribution < 1.29 is 0 Å². The monoisotopic (exact) mass is 220 g/mol. The molecule has 1 aromatic rings. The molecule has 0 radical (unpaired) electrons. The molecule has 1 atom stereocenters. The minimum Gasteiger partial charge on any atom is -0.351 e. The molecule has 1 N–H and O–H groups in total. The van der Waals surface area contributed by atoms with Crippen molar-refractivity contribution in [2.45, 2.75) is 32.2 Å². The molecule has 4 nitrogen and oxygen atoms in total. The van der Waals surface area contributed by atoms with Crippen molar-refractivity contribution in [3.05, 3.63) is 18.6 Å². The van der Waals surface area contributed by atoms with Gasteiger partial charge in [-0.1, -0.05) is 6.92 Å². The van der Waals surface area contributed by atoms with Crippen LogP contribution in [0.4, 0.5) is 5.82 Å². The SMILES string of the molecule is CCNCC1CCCCN1c1cnccn1. The van der Waals surface area contributed by atoms with Crippen molar-refractivity contribution in [3.63, 3.8) is 0 Å². The second-order valence-corrected chi connectivity index (χ2v) is 4.21. The third kappa shape index (κ3) is 2.70. The van der Waals surface area contributed by atoms with Gasteiger partial charge in [-0.3, -0.25) is 4.98 Å². The zero-order valence-corrected chi connectivity index (χ0v) is 9.89. The van der Waals surface area contributed by atoms with Crippen LogP contribution in [-0.4, -0.2) is 35.6 Å². The minimum absolute atomic E-state index is 0.574. The Balaban J connectivity index is 2.04. The van der Waals surface area contributed by atoms with E-state index in [4.69, 9.17) is 0 Å². The maximum atomic E-state index is 4.40. The minimum atomic E-state index is 0.574. The van der Waals surface area contributed by atoms with Gasteiger partial charge in [0.05, 0.1) is 6.20 Å². The van der Waals surface area contributed by atoms with Crippen LogP contribution < -0.4 is 10.2 Å². The number of nitrogens with zero attached hydrogens (tertiary/aromatic N) is 3. The molecule has 4 heteroatoms. The molecule has 16 heavy (non-hydrogen) atoms. The topological polar surface area (TPSA) is 41.0 Å². The first-order valence-corrected chi connectivity index (χ1v) is 6.15. The van der Waals surface area contributed by atoms with Crippen LogP contribution in [-0.2, 0) is 0 Å². The molecule has 1 fully saturated rings. The molecule has 0 bridgehead atoms. The van der Waals surface area contributed by atoms with E-state index in [0.29, 0.717) is 6.04 Å². The van der Waals surface area contributed by atoms with Crippen LogP contribution in [0.2, 0.25) is 0 Å². The Labute approximate surface area is 97.1 Å². The summed E-state index contributed by atoms with van der Waals surface area (Å²) in [7, 11) is 0. The molecule has 0 aromatic carbocycles. The summed E-state index contributed by atoms with van der Waals surface area (Å²) in [5.41, 5.74) is 0. The molecule has 1 unspecified atom stereocenters. The molecule has 1 aromatic heterocycles. The Hall–Kier alpha value is -1.16. The van der Waals surface area contributed by atoms with Crippen LogP contribution in [0.1, 0.15) is 26.2 Å². The molecule has 1 saturated heterocycles. The van der Waals surface area contributed by atoms with Crippen molar-refractivity contribution in [1.29, 1.82) is 0 Å². The number of hydrogen-bond acceptors (Lipinski definition) is 4. The summed E-state index contributed by atoms with van der Waals surface area (Å²) in [5, 5.41) is 3.43. The summed E-state index contributed by atoms with van der Waals surface area (Å²) >= 11 is 0. The predicted octanol–water partition coefficient (Wildman–Crippen LogP) is 1.44. The number of hydrogen-bond donors (Lipinski definition) is 1. The highest BCUT2D eigenvalue weighted by Crippen LogP contribution is 2.21. The number of piperidine rings is 1. The molecular weight excluding hydrogens is 200 g/mol. The van der Waals surface area contributed by atoms with Gasteiger partial charge in [0.15, 0.2) is 0 Å². The van der Waals surface area contributed by atoms with E-state index in [-0.39, 0.29) is 0 Å². The highest BCUT2D eigenvalue weighted by molar-refractivity contribution is 5.37. The maximum Gasteiger partial charge on any atom is 0.147 e. The molecule has 0 amide bonds. The van der Waals surface area contributed by atoms with Gasteiger partial charge in [0.1, 0.15) is 5.82 Å². The van der Waals surface area contributed by atoms with Gasteiger partial charge < -0.3 is 10.2 Å². The van der Waals surface area contributed by atoms with Crippen molar-refractivity contribution in [3.8, 4) is 0 Å². The van der Waals surface area contributed by atoms with Gasteiger partial charge in [-0.2, -0.15) is 0 Å². The molecule has 2 heterocycles. The fourth-order valence-electron chi connectivity index (χ4n) is 2.26. The summed E-state index contributed by atoms with van der Waals surface area (Å²) in [4.78, 5) is 10.9. The Bertz CT molecular complexity index is 301. The zero-order valence-electron chi connectivity index (χ0n) is 9.89. The van der Waals surface area contributed by atoms with E-state index in [1.54, 1.807) is 12.4 Å². The first-order valence-electron chi connectivity index (χ1n) is 6.15. The molecule has 88 valence electrons. The van der Waals surface area contributed by atoms with E-state index >= 15 is 0 Å². The summed E-state index contributed by atoms with van der Waals surface area (Å²) in [6, 6.07) is 0.574. The predicted molar refractivity (Wildman–Crippen MR) is 65.6 cm³/mol. The average molecular weight is 220 g/mol. The molecule has 0 spiro atoms. The summed E-state index contributed by atoms with van der Waals surface area (Å²) in [6.45, 7) is 5.34. The molecule has 1 aliphatic rings. The largest absolute Gasteiger partial charge is 0.351 e. The van der Waals surface area contributed by atoms with Gasteiger partial charge in [-0.05, 0) is 25.8 Å². The van der Waals surface area contributed by atoms with E-state index in [1.165, 1.54) is 19.3 Å². The van der Waals surface area contributed by atoms with Crippen LogP contribution in [0, 0.1) is 0 Å². The maximum absolute atomic E-state index is 4.40. The summed E-state index contributed by atoms with van der Waals surface area (Å²) < 4.78 is 0. The van der Waals surface area contributed by atoms with E-state index in [2.05, 4.69) is 27.1 Å². The van der Waals surface area contributed by atoms with Crippen molar-refractivity contribution >= 4 is 5.82 Å². The first-order chi connectivity index (χ1) is 7.92. The number of aromatic nitrogens is 2. The molecular formula is C12H20N4. The number of likely N-dealkylation sites (N-methyl/N-ethyl adjacent to an activating group) is 1. The van der Waals surface area contributed by atoms with Crippen molar-refractivity contribution in [2.24, 2.45) is 0 Å². The van der Waals surface area contributed by atoms with Gasteiger partial charge in [-0.25, -0.2) is 4.98 Å². The van der Waals surface area contributed by atoms with Gasteiger partial charge >= 0.3 is 0 Å². The highest BCUT2D eigenvalue weighted by Gasteiger charge is 2.22. The Morgan fingerprint density at radius 1 is 1.44 bits per heavy atom. The fraction of sp³-hybridized carbons (Fsp3) is 0.667. The van der Waals surface area contributed by atoms with Crippen LogP contribution in [0.3, 0.4) is 0 Å². The third-order valence-corrected chi connectivity index (χ3v) is 3.10. The first kappa shape index (κ1) is 11.3. The molecule has 0 aliphatic carbocycles. The van der Waals surface area contributed by atoms with E-state index < -0.39 is 0 Å².